The Morgan fingerprint density at radius 2 is 1.80 bits per heavy atom. The standard InChI is InChI=1S/C16H22F2N2O3S.ClH/c17-16(18)24(22,23)10-11-5-7-12(8-6-11)15(21)20-14-4-2-1-3-13(14)9-19;/h5-8,13-14,16H,1-4,9-10,19H2,(H,20,21);1H. The van der Waals surface area contributed by atoms with Gasteiger partial charge in [0.05, 0.1) is 5.75 Å². The van der Waals surface area contributed by atoms with Crippen molar-refractivity contribution in [2.24, 2.45) is 11.7 Å². The van der Waals surface area contributed by atoms with Crippen molar-refractivity contribution < 1.29 is 22.0 Å². The third kappa shape index (κ3) is 5.90. The first-order valence-electron chi connectivity index (χ1n) is 7.93. The van der Waals surface area contributed by atoms with E-state index in [9.17, 15) is 22.0 Å². The molecule has 0 saturated heterocycles. The van der Waals surface area contributed by atoms with E-state index in [2.05, 4.69) is 5.32 Å². The number of rotatable bonds is 6. The van der Waals surface area contributed by atoms with Gasteiger partial charge in [0.2, 0.25) is 9.84 Å². The van der Waals surface area contributed by atoms with Crippen LogP contribution in [0, 0.1) is 5.92 Å². The van der Waals surface area contributed by atoms with Crippen LogP contribution in [0.3, 0.4) is 0 Å². The molecule has 1 aromatic rings. The summed E-state index contributed by atoms with van der Waals surface area (Å²) in [5.41, 5.74) is 6.34. The molecule has 1 saturated carbocycles. The molecule has 2 unspecified atom stereocenters. The molecule has 1 aliphatic carbocycles. The van der Waals surface area contributed by atoms with Crippen LogP contribution in [0.15, 0.2) is 24.3 Å². The molecule has 0 aliphatic heterocycles. The van der Waals surface area contributed by atoms with E-state index < -0.39 is 21.3 Å². The fourth-order valence-electron chi connectivity index (χ4n) is 2.98. The van der Waals surface area contributed by atoms with Crippen LogP contribution in [0.5, 0.6) is 0 Å². The highest BCUT2D eigenvalue weighted by atomic mass is 35.5. The zero-order valence-electron chi connectivity index (χ0n) is 13.7. The van der Waals surface area contributed by atoms with Gasteiger partial charge in [-0.25, -0.2) is 8.42 Å². The minimum Gasteiger partial charge on any atom is -0.349 e. The molecule has 0 spiro atoms. The molecule has 1 fully saturated rings. The Balaban J connectivity index is 0.00000312. The predicted octanol–water partition coefficient (Wildman–Crippen LogP) is 2.49. The largest absolute Gasteiger partial charge is 0.349 e. The topological polar surface area (TPSA) is 89.3 Å². The van der Waals surface area contributed by atoms with Crippen LogP contribution < -0.4 is 11.1 Å². The second-order valence-electron chi connectivity index (χ2n) is 6.12. The van der Waals surface area contributed by atoms with Gasteiger partial charge in [0.15, 0.2) is 0 Å². The first-order chi connectivity index (χ1) is 11.3. The lowest BCUT2D eigenvalue weighted by molar-refractivity contribution is 0.0908. The quantitative estimate of drug-likeness (QED) is 0.773. The van der Waals surface area contributed by atoms with Crippen molar-refractivity contribution in [1.29, 1.82) is 0 Å². The number of nitrogens with one attached hydrogen (secondary N) is 1. The molecule has 142 valence electrons. The van der Waals surface area contributed by atoms with Gasteiger partial charge in [0, 0.05) is 11.6 Å². The number of halogens is 3. The molecule has 2 atom stereocenters. The molecule has 0 bridgehead atoms. The van der Waals surface area contributed by atoms with Crippen molar-refractivity contribution in [1.82, 2.24) is 5.32 Å². The third-order valence-electron chi connectivity index (χ3n) is 4.38. The highest BCUT2D eigenvalue weighted by molar-refractivity contribution is 7.90. The second kappa shape index (κ2) is 9.45. The Kier molecular flexibility index (Phi) is 8.24. The number of hydrogen-bond donors (Lipinski definition) is 2. The Hall–Kier alpha value is -1.25. The van der Waals surface area contributed by atoms with Gasteiger partial charge in [0.1, 0.15) is 0 Å². The lowest BCUT2D eigenvalue weighted by atomic mass is 9.84. The van der Waals surface area contributed by atoms with Crippen LogP contribution in [0.1, 0.15) is 41.6 Å². The number of carbonyl (C=O) groups excluding carboxylic acids is 1. The van der Waals surface area contributed by atoms with Gasteiger partial charge < -0.3 is 11.1 Å². The summed E-state index contributed by atoms with van der Waals surface area (Å²) in [5.74, 6) is -4.15. The van der Waals surface area contributed by atoms with E-state index in [1.165, 1.54) is 24.3 Å². The van der Waals surface area contributed by atoms with Crippen LogP contribution in [0.2, 0.25) is 0 Å². The highest BCUT2D eigenvalue weighted by Gasteiger charge is 2.26. The summed E-state index contributed by atoms with van der Waals surface area (Å²) in [6, 6.07) is 5.71. The van der Waals surface area contributed by atoms with Crippen LogP contribution >= 0.6 is 12.4 Å². The van der Waals surface area contributed by atoms with Crippen molar-refractivity contribution in [3.05, 3.63) is 35.4 Å². The summed E-state index contributed by atoms with van der Waals surface area (Å²) >= 11 is 0. The van der Waals surface area contributed by atoms with Crippen LogP contribution in [-0.2, 0) is 15.6 Å². The number of carbonyl (C=O) groups is 1. The molecule has 25 heavy (non-hydrogen) atoms. The van der Waals surface area contributed by atoms with Crippen LogP contribution in [0.4, 0.5) is 8.78 Å². The van der Waals surface area contributed by atoms with Crippen LogP contribution in [0.25, 0.3) is 0 Å². The number of benzene rings is 1. The number of hydrogen-bond acceptors (Lipinski definition) is 4. The van der Waals surface area contributed by atoms with E-state index in [1.54, 1.807) is 0 Å². The molecule has 0 aromatic heterocycles. The Morgan fingerprint density at radius 1 is 1.20 bits per heavy atom. The summed E-state index contributed by atoms with van der Waals surface area (Å²) in [6.45, 7) is 0.523. The maximum absolute atomic E-state index is 12.4. The molecule has 3 N–H and O–H groups in total. The number of amides is 1. The normalized spacial score (nSPS) is 20.8. The van der Waals surface area contributed by atoms with E-state index in [-0.39, 0.29) is 35.8 Å². The zero-order chi connectivity index (χ0) is 17.7. The minimum atomic E-state index is -4.47. The fraction of sp³-hybridized carbons (Fsp3) is 0.562. The molecular weight excluding hydrogens is 374 g/mol. The molecular formula is C16H23ClF2N2O3S. The number of alkyl halides is 2. The first kappa shape index (κ1) is 21.8. The van der Waals surface area contributed by atoms with E-state index in [4.69, 9.17) is 5.73 Å². The Bertz CT molecular complexity index is 668. The van der Waals surface area contributed by atoms with Gasteiger partial charge >= 0.3 is 5.76 Å². The molecule has 1 aliphatic rings. The number of sulfone groups is 1. The summed E-state index contributed by atoms with van der Waals surface area (Å²) in [7, 11) is -4.47. The fourth-order valence-corrected chi connectivity index (χ4v) is 3.76. The van der Waals surface area contributed by atoms with Crippen molar-refractivity contribution in [3.8, 4) is 0 Å². The van der Waals surface area contributed by atoms with Gasteiger partial charge in [-0.2, -0.15) is 8.78 Å². The summed E-state index contributed by atoms with van der Waals surface area (Å²) in [4.78, 5) is 12.3. The first-order valence-corrected chi connectivity index (χ1v) is 9.64. The smallest absolute Gasteiger partial charge is 0.337 e. The lowest BCUT2D eigenvalue weighted by Crippen LogP contribution is -2.44. The molecule has 0 radical (unpaired) electrons. The molecule has 0 heterocycles. The molecule has 9 heteroatoms. The van der Waals surface area contributed by atoms with E-state index in [0.717, 1.165) is 25.7 Å². The lowest BCUT2D eigenvalue weighted by Gasteiger charge is -2.31. The van der Waals surface area contributed by atoms with Crippen molar-refractivity contribution in [2.45, 2.75) is 43.2 Å². The molecule has 1 amide bonds. The van der Waals surface area contributed by atoms with E-state index in [1.807, 2.05) is 0 Å². The predicted molar refractivity (Wildman–Crippen MR) is 94.6 cm³/mol. The summed E-state index contributed by atoms with van der Waals surface area (Å²) in [6.07, 6.45) is 4.04. The number of nitrogens with two attached hydrogens (primary N) is 1. The van der Waals surface area contributed by atoms with Crippen molar-refractivity contribution >= 4 is 28.2 Å². The average Bonchev–Trinajstić information content (AvgIpc) is 2.55. The second-order valence-corrected chi connectivity index (χ2v) is 8.10. The maximum Gasteiger partial charge on any atom is 0.337 e. The minimum absolute atomic E-state index is 0. The monoisotopic (exact) mass is 396 g/mol. The molecule has 2 rings (SSSR count). The average molecular weight is 397 g/mol. The summed E-state index contributed by atoms with van der Waals surface area (Å²) in [5, 5.41) is 2.96. The van der Waals surface area contributed by atoms with Gasteiger partial charge in [0.25, 0.3) is 5.91 Å². The Labute approximate surface area is 152 Å². The molecule has 5 nitrogen and oxygen atoms in total. The molecule has 1 aromatic carbocycles. The maximum atomic E-state index is 12.4. The van der Waals surface area contributed by atoms with Crippen molar-refractivity contribution in [3.63, 3.8) is 0 Å². The SMILES string of the molecule is Cl.NCC1CCCCC1NC(=O)c1ccc(CS(=O)(=O)C(F)F)cc1. The van der Waals surface area contributed by atoms with Gasteiger partial charge in [-0.1, -0.05) is 25.0 Å². The van der Waals surface area contributed by atoms with Gasteiger partial charge in [-0.05, 0) is 43.0 Å². The van der Waals surface area contributed by atoms with E-state index in [0.29, 0.717) is 12.1 Å². The Morgan fingerprint density at radius 3 is 2.36 bits per heavy atom. The van der Waals surface area contributed by atoms with Gasteiger partial charge in [-0.15, -0.1) is 12.4 Å². The zero-order valence-corrected chi connectivity index (χ0v) is 15.3. The van der Waals surface area contributed by atoms with Crippen molar-refractivity contribution in [2.75, 3.05) is 6.54 Å². The third-order valence-corrected chi connectivity index (χ3v) is 5.66. The van der Waals surface area contributed by atoms with E-state index >= 15 is 0 Å². The van der Waals surface area contributed by atoms with Crippen LogP contribution in [-0.4, -0.2) is 32.7 Å². The highest BCUT2D eigenvalue weighted by Crippen LogP contribution is 2.24. The summed E-state index contributed by atoms with van der Waals surface area (Å²) < 4.78 is 47.2. The van der Waals surface area contributed by atoms with Gasteiger partial charge in [-0.3, -0.25) is 4.79 Å².